The number of rotatable bonds is 4. The third-order valence-corrected chi connectivity index (χ3v) is 2.75. The lowest BCUT2D eigenvalue weighted by Gasteiger charge is -2.06. The van der Waals surface area contributed by atoms with E-state index in [0.29, 0.717) is 6.04 Å². The average molecular weight is 226 g/mol. The van der Waals surface area contributed by atoms with Crippen LogP contribution in [0.2, 0.25) is 0 Å². The summed E-state index contributed by atoms with van der Waals surface area (Å²) in [5.41, 5.74) is 2.24. The molecule has 0 spiro atoms. The van der Waals surface area contributed by atoms with Crippen molar-refractivity contribution in [2.24, 2.45) is 0 Å². The van der Waals surface area contributed by atoms with Crippen LogP contribution in [0, 0.1) is 0 Å². The van der Waals surface area contributed by atoms with E-state index in [4.69, 9.17) is 0 Å². The smallest absolute Gasteiger partial charge is 0.0774 e. The maximum atomic E-state index is 4.43. The predicted octanol–water partition coefficient (Wildman–Crippen LogP) is 3.25. The molecule has 0 aliphatic heterocycles. The highest BCUT2D eigenvalue weighted by Crippen LogP contribution is 2.17. The lowest BCUT2D eigenvalue weighted by molar-refractivity contribution is 0.663. The van der Waals surface area contributed by atoms with Gasteiger partial charge >= 0.3 is 0 Å². The first-order chi connectivity index (χ1) is 8.31. The molecule has 1 atom stereocenters. The van der Waals surface area contributed by atoms with Crippen molar-refractivity contribution in [1.82, 2.24) is 10.3 Å². The second-order valence-electron chi connectivity index (χ2n) is 4.13. The highest BCUT2D eigenvalue weighted by Gasteiger charge is 1.98. The van der Waals surface area contributed by atoms with Crippen molar-refractivity contribution in [3.63, 3.8) is 0 Å². The van der Waals surface area contributed by atoms with E-state index in [9.17, 15) is 0 Å². The number of fused-ring (bicyclic) bond motifs is 1. The van der Waals surface area contributed by atoms with E-state index in [-0.39, 0.29) is 0 Å². The van der Waals surface area contributed by atoms with Gasteiger partial charge in [0.25, 0.3) is 0 Å². The van der Waals surface area contributed by atoms with Gasteiger partial charge in [0.15, 0.2) is 0 Å². The van der Waals surface area contributed by atoms with E-state index in [1.54, 1.807) is 0 Å². The number of para-hydroxylation sites is 1. The number of pyridine rings is 1. The van der Waals surface area contributed by atoms with Crippen molar-refractivity contribution >= 4 is 17.0 Å². The van der Waals surface area contributed by atoms with E-state index >= 15 is 0 Å². The zero-order chi connectivity index (χ0) is 12.1. The molecule has 0 saturated heterocycles. The van der Waals surface area contributed by atoms with Crippen LogP contribution in [-0.4, -0.2) is 17.6 Å². The minimum atomic E-state index is 0.388. The van der Waals surface area contributed by atoms with Crippen LogP contribution in [0.1, 0.15) is 19.4 Å². The van der Waals surface area contributed by atoms with E-state index < -0.39 is 0 Å². The summed E-state index contributed by atoms with van der Waals surface area (Å²) in [6.45, 7) is 5.25. The highest BCUT2D eigenvalue weighted by atomic mass is 14.9. The molecule has 2 nitrogen and oxygen atoms in total. The second-order valence-corrected chi connectivity index (χ2v) is 4.13. The molecule has 1 aromatic carbocycles. The van der Waals surface area contributed by atoms with Crippen molar-refractivity contribution < 1.29 is 0 Å². The summed E-state index contributed by atoms with van der Waals surface area (Å²) in [5, 5.41) is 4.54. The molecule has 0 aliphatic carbocycles. The van der Waals surface area contributed by atoms with Gasteiger partial charge in [-0.3, -0.25) is 4.98 Å². The molecule has 2 rings (SSSR count). The Morgan fingerprint density at radius 1 is 1.29 bits per heavy atom. The number of aromatic nitrogens is 1. The summed E-state index contributed by atoms with van der Waals surface area (Å²) in [6, 6.07) is 10.7. The molecular weight excluding hydrogens is 208 g/mol. The zero-order valence-electron chi connectivity index (χ0n) is 10.4. The summed E-state index contributed by atoms with van der Waals surface area (Å²) in [6.07, 6.45) is 6.16. The maximum absolute atomic E-state index is 4.43. The van der Waals surface area contributed by atoms with Crippen LogP contribution in [0.5, 0.6) is 0 Å². The standard InChI is InChI=1S/C15H18N2/c1-3-16-12(2)9-10-14-7-4-6-13-8-5-11-17-15(13)14/h4-12,16H,3H2,1-2H3/b10-9+. The minimum absolute atomic E-state index is 0.388. The molecule has 2 heteroatoms. The topological polar surface area (TPSA) is 24.9 Å². The van der Waals surface area contributed by atoms with Gasteiger partial charge < -0.3 is 5.32 Å². The number of hydrogen-bond acceptors (Lipinski definition) is 2. The van der Waals surface area contributed by atoms with E-state index in [2.05, 4.69) is 60.6 Å². The number of nitrogens with one attached hydrogen (secondary N) is 1. The molecule has 17 heavy (non-hydrogen) atoms. The van der Waals surface area contributed by atoms with Crippen molar-refractivity contribution in [1.29, 1.82) is 0 Å². The maximum Gasteiger partial charge on any atom is 0.0774 e. The number of benzene rings is 1. The Morgan fingerprint density at radius 2 is 2.12 bits per heavy atom. The molecule has 0 amide bonds. The van der Waals surface area contributed by atoms with E-state index in [0.717, 1.165) is 12.1 Å². The van der Waals surface area contributed by atoms with Gasteiger partial charge in [0.05, 0.1) is 5.52 Å². The highest BCUT2D eigenvalue weighted by molar-refractivity contribution is 5.86. The van der Waals surface area contributed by atoms with Crippen LogP contribution in [0.25, 0.3) is 17.0 Å². The van der Waals surface area contributed by atoms with Crippen LogP contribution in [0.15, 0.2) is 42.6 Å². The summed E-state index contributed by atoms with van der Waals surface area (Å²) in [7, 11) is 0. The molecular formula is C15H18N2. The molecule has 1 N–H and O–H groups in total. The normalized spacial score (nSPS) is 13.3. The Bertz CT molecular complexity index is 512. The largest absolute Gasteiger partial charge is 0.311 e. The third kappa shape index (κ3) is 2.92. The zero-order valence-corrected chi connectivity index (χ0v) is 10.4. The van der Waals surface area contributed by atoms with Gasteiger partial charge in [-0.1, -0.05) is 43.3 Å². The van der Waals surface area contributed by atoms with Crippen LogP contribution in [0.3, 0.4) is 0 Å². The Labute approximate surface area is 102 Å². The Morgan fingerprint density at radius 3 is 2.94 bits per heavy atom. The summed E-state index contributed by atoms with van der Waals surface area (Å²) >= 11 is 0. The van der Waals surface area contributed by atoms with E-state index in [1.807, 2.05) is 12.3 Å². The molecule has 2 aromatic rings. The van der Waals surface area contributed by atoms with Crippen molar-refractivity contribution in [2.75, 3.05) is 6.54 Å². The fourth-order valence-corrected chi connectivity index (χ4v) is 1.90. The fourth-order valence-electron chi connectivity index (χ4n) is 1.90. The Balaban J connectivity index is 2.30. The number of nitrogens with zero attached hydrogens (tertiary/aromatic N) is 1. The average Bonchev–Trinajstić information content (AvgIpc) is 2.36. The first kappa shape index (κ1) is 11.8. The monoisotopic (exact) mass is 226 g/mol. The van der Waals surface area contributed by atoms with Crippen LogP contribution >= 0.6 is 0 Å². The van der Waals surface area contributed by atoms with E-state index in [1.165, 1.54) is 10.9 Å². The third-order valence-electron chi connectivity index (χ3n) is 2.75. The number of hydrogen-bond donors (Lipinski definition) is 1. The SMILES string of the molecule is CCNC(C)/C=C/c1cccc2cccnc12. The van der Waals surface area contributed by atoms with Gasteiger partial charge in [-0.25, -0.2) is 0 Å². The predicted molar refractivity (Wildman–Crippen MR) is 73.9 cm³/mol. The number of likely N-dealkylation sites (N-methyl/N-ethyl adjacent to an activating group) is 1. The van der Waals surface area contributed by atoms with Gasteiger partial charge in [-0.2, -0.15) is 0 Å². The molecule has 0 radical (unpaired) electrons. The second kappa shape index (κ2) is 5.60. The molecule has 0 saturated carbocycles. The molecule has 1 unspecified atom stereocenters. The lowest BCUT2D eigenvalue weighted by atomic mass is 10.1. The van der Waals surface area contributed by atoms with Crippen LogP contribution < -0.4 is 5.32 Å². The molecule has 1 aromatic heterocycles. The lowest BCUT2D eigenvalue weighted by Crippen LogP contribution is -2.22. The Kier molecular flexibility index (Phi) is 3.89. The molecule has 1 heterocycles. The summed E-state index contributed by atoms with van der Waals surface area (Å²) in [5.74, 6) is 0. The van der Waals surface area contributed by atoms with Crippen LogP contribution in [0.4, 0.5) is 0 Å². The van der Waals surface area contributed by atoms with Gasteiger partial charge in [-0.05, 0) is 19.5 Å². The minimum Gasteiger partial charge on any atom is -0.311 e. The van der Waals surface area contributed by atoms with Crippen molar-refractivity contribution in [3.05, 3.63) is 48.2 Å². The Hall–Kier alpha value is -1.67. The summed E-state index contributed by atoms with van der Waals surface area (Å²) in [4.78, 5) is 4.43. The van der Waals surface area contributed by atoms with Crippen molar-refractivity contribution in [3.8, 4) is 0 Å². The first-order valence-electron chi connectivity index (χ1n) is 6.06. The van der Waals surface area contributed by atoms with Gasteiger partial charge in [0.1, 0.15) is 0 Å². The molecule has 88 valence electrons. The van der Waals surface area contributed by atoms with Gasteiger partial charge in [0, 0.05) is 23.2 Å². The molecule has 0 fully saturated rings. The summed E-state index contributed by atoms with van der Waals surface area (Å²) < 4.78 is 0. The van der Waals surface area contributed by atoms with Gasteiger partial charge in [0.2, 0.25) is 0 Å². The van der Waals surface area contributed by atoms with Crippen LogP contribution in [-0.2, 0) is 0 Å². The molecule has 0 aliphatic rings. The van der Waals surface area contributed by atoms with Gasteiger partial charge in [-0.15, -0.1) is 0 Å². The fraction of sp³-hybridized carbons (Fsp3) is 0.267. The molecule has 0 bridgehead atoms. The van der Waals surface area contributed by atoms with Crippen molar-refractivity contribution in [2.45, 2.75) is 19.9 Å². The quantitative estimate of drug-likeness (QED) is 0.865. The first-order valence-corrected chi connectivity index (χ1v) is 6.06.